The fourth-order valence-electron chi connectivity index (χ4n) is 0.716. The maximum Gasteiger partial charge on any atom is 0.169 e. The zero-order chi connectivity index (χ0) is 10.4. The molecule has 0 radical (unpaired) electrons. The summed E-state index contributed by atoms with van der Waals surface area (Å²) in [5.41, 5.74) is 0. The van der Waals surface area contributed by atoms with Crippen molar-refractivity contribution in [3.63, 3.8) is 0 Å². The van der Waals surface area contributed by atoms with Crippen molar-refractivity contribution < 1.29 is 9.59 Å². The van der Waals surface area contributed by atoms with E-state index in [0.29, 0.717) is 9.75 Å². The molecule has 0 aliphatic heterocycles. The Morgan fingerprint density at radius 1 is 1.00 bits per heavy atom. The van der Waals surface area contributed by atoms with E-state index in [2.05, 4.69) is 0 Å². The first kappa shape index (κ1) is 12.0. The predicted molar refractivity (Wildman–Crippen MR) is 55.7 cm³/mol. The third-order valence-corrected chi connectivity index (χ3v) is 2.59. The van der Waals surface area contributed by atoms with Gasteiger partial charge in [-0.15, -0.1) is 11.3 Å². The third kappa shape index (κ3) is 3.51. The average Bonchev–Trinajstić information content (AvgIpc) is 2.56. The van der Waals surface area contributed by atoms with Gasteiger partial charge in [0.25, 0.3) is 0 Å². The Balaban J connectivity index is 0.000000671. The van der Waals surface area contributed by atoms with E-state index < -0.39 is 0 Å². The highest BCUT2D eigenvalue weighted by Crippen LogP contribution is 2.16. The third-order valence-electron chi connectivity index (χ3n) is 1.30. The molecule has 0 N–H and O–H groups in total. The van der Waals surface area contributed by atoms with Crippen LogP contribution < -0.4 is 0 Å². The molecule has 0 fully saturated rings. The molecule has 0 unspecified atom stereocenters. The number of thiophene rings is 1. The van der Waals surface area contributed by atoms with Crippen LogP contribution in [0.2, 0.25) is 0 Å². The SMILES string of the molecule is CC.CC(=O)c1ccc(C(C)=O)s1. The minimum Gasteiger partial charge on any atom is -0.294 e. The molecule has 0 amide bonds. The van der Waals surface area contributed by atoms with Gasteiger partial charge in [0.1, 0.15) is 0 Å². The van der Waals surface area contributed by atoms with Gasteiger partial charge in [0.2, 0.25) is 0 Å². The monoisotopic (exact) mass is 198 g/mol. The topological polar surface area (TPSA) is 34.1 Å². The summed E-state index contributed by atoms with van der Waals surface area (Å²) in [6.07, 6.45) is 0. The minimum absolute atomic E-state index is 0.0162. The number of Topliss-reactive ketones (excluding diaryl/α,β-unsaturated/α-hetero) is 2. The van der Waals surface area contributed by atoms with E-state index in [1.165, 1.54) is 25.2 Å². The standard InChI is InChI=1S/C8H8O2S.C2H6/c1-5(9)7-3-4-8(11-7)6(2)10;1-2/h3-4H,1-2H3;1-2H3. The first-order valence-electron chi connectivity index (χ1n) is 4.23. The van der Waals surface area contributed by atoms with Crippen LogP contribution in [0.1, 0.15) is 47.0 Å². The van der Waals surface area contributed by atoms with Crippen molar-refractivity contribution in [2.75, 3.05) is 0 Å². The summed E-state index contributed by atoms with van der Waals surface area (Å²) in [5, 5.41) is 0. The summed E-state index contributed by atoms with van der Waals surface area (Å²) in [6, 6.07) is 3.37. The highest BCUT2D eigenvalue weighted by atomic mass is 32.1. The van der Waals surface area contributed by atoms with E-state index in [1.807, 2.05) is 13.8 Å². The van der Waals surface area contributed by atoms with Gasteiger partial charge in [0, 0.05) is 0 Å². The fraction of sp³-hybridized carbons (Fsp3) is 0.400. The summed E-state index contributed by atoms with van der Waals surface area (Å²) >= 11 is 1.25. The molecule has 1 rings (SSSR count). The molecule has 0 saturated heterocycles. The van der Waals surface area contributed by atoms with Crippen molar-refractivity contribution in [1.29, 1.82) is 0 Å². The van der Waals surface area contributed by atoms with E-state index in [1.54, 1.807) is 12.1 Å². The fourth-order valence-corrected chi connectivity index (χ4v) is 1.51. The van der Waals surface area contributed by atoms with Crippen LogP contribution in [0.4, 0.5) is 0 Å². The van der Waals surface area contributed by atoms with E-state index in [4.69, 9.17) is 0 Å². The second-order valence-electron chi connectivity index (χ2n) is 2.28. The first-order valence-corrected chi connectivity index (χ1v) is 5.04. The maximum absolute atomic E-state index is 10.8. The molecule has 1 heterocycles. The second kappa shape index (κ2) is 5.65. The van der Waals surface area contributed by atoms with Crippen LogP contribution in [-0.4, -0.2) is 11.6 Å². The van der Waals surface area contributed by atoms with Crippen molar-refractivity contribution in [3.8, 4) is 0 Å². The van der Waals surface area contributed by atoms with E-state index in [9.17, 15) is 9.59 Å². The van der Waals surface area contributed by atoms with Crippen molar-refractivity contribution in [3.05, 3.63) is 21.9 Å². The first-order chi connectivity index (χ1) is 6.11. The van der Waals surface area contributed by atoms with Gasteiger partial charge in [-0.1, -0.05) is 13.8 Å². The van der Waals surface area contributed by atoms with Crippen molar-refractivity contribution in [1.82, 2.24) is 0 Å². The van der Waals surface area contributed by atoms with E-state index >= 15 is 0 Å². The van der Waals surface area contributed by atoms with Gasteiger partial charge in [0.15, 0.2) is 11.6 Å². The molecule has 13 heavy (non-hydrogen) atoms. The molecule has 0 saturated carbocycles. The van der Waals surface area contributed by atoms with Crippen LogP contribution in [0.25, 0.3) is 0 Å². The molecule has 0 aliphatic rings. The Bertz CT molecular complexity index is 271. The molecule has 0 aromatic carbocycles. The Morgan fingerprint density at radius 3 is 1.46 bits per heavy atom. The molecule has 2 nitrogen and oxygen atoms in total. The van der Waals surface area contributed by atoms with Gasteiger partial charge >= 0.3 is 0 Å². The normalized spacial score (nSPS) is 8.62. The smallest absolute Gasteiger partial charge is 0.169 e. The second-order valence-corrected chi connectivity index (χ2v) is 3.36. The summed E-state index contributed by atoms with van der Waals surface area (Å²) in [6.45, 7) is 6.99. The average molecular weight is 198 g/mol. The quantitative estimate of drug-likeness (QED) is 0.684. The van der Waals surface area contributed by atoms with Crippen molar-refractivity contribution >= 4 is 22.9 Å². The Labute approximate surface area is 82.6 Å². The lowest BCUT2D eigenvalue weighted by Gasteiger charge is -1.84. The summed E-state index contributed by atoms with van der Waals surface area (Å²) in [7, 11) is 0. The van der Waals surface area contributed by atoms with Gasteiger partial charge < -0.3 is 0 Å². The lowest BCUT2D eigenvalue weighted by atomic mass is 10.3. The highest BCUT2D eigenvalue weighted by Gasteiger charge is 2.06. The zero-order valence-electron chi connectivity index (χ0n) is 8.38. The number of hydrogen-bond acceptors (Lipinski definition) is 3. The zero-order valence-corrected chi connectivity index (χ0v) is 9.20. The molecule has 0 aliphatic carbocycles. The molecule has 3 heteroatoms. The Morgan fingerprint density at radius 2 is 1.31 bits per heavy atom. The van der Waals surface area contributed by atoms with Crippen LogP contribution in [-0.2, 0) is 0 Å². The number of rotatable bonds is 2. The maximum atomic E-state index is 10.8. The van der Waals surface area contributed by atoms with Gasteiger partial charge in [-0.05, 0) is 26.0 Å². The molecule has 0 spiro atoms. The summed E-state index contributed by atoms with van der Waals surface area (Å²) < 4.78 is 0. The minimum atomic E-state index is 0.0162. The number of ketones is 2. The molecule has 0 atom stereocenters. The van der Waals surface area contributed by atoms with Gasteiger partial charge in [-0.3, -0.25) is 9.59 Å². The van der Waals surface area contributed by atoms with Crippen LogP contribution >= 0.6 is 11.3 Å². The molecule has 1 aromatic rings. The lowest BCUT2D eigenvalue weighted by Crippen LogP contribution is -1.85. The predicted octanol–water partition coefficient (Wildman–Crippen LogP) is 3.18. The Hall–Kier alpha value is -0.960. The van der Waals surface area contributed by atoms with Crippen molar-refractivity contribution in [2.24, 2.45) is 0 Å². The van der Waals surface area contributed by atoms with Crippen LogP contribution in [0, 0.1) is 0 Å². The number of carbonyl (C=O) groups excluding carboxylic acids is 2. The van der Waals surface area contributed by atoms with Crippen LogP contribution in [0.15, 0.2) is 12.1 Å². The van der Waals surface area contributed by atoms with E-state index in [-0.39, 0.29) is 11.6 Å². The molecule has 72 valence electrons. The molecule has 1 aromatic heterocycles. The Kier molecular flexibility index (Phi) is 5.23. The van der Waals surface area contributed by atoms with Crippen LogP contribution in [0.3, 0.4) is 0 Å². The molecular formula is C10H14O2S. The lowest BCUT2D eigenvalue weighted by molar-refractivity contribution is 0.101. The summed E-state index contributed by atoms with van der Waals surface area (Å²) in [5.74, 6) is 0.0324. The van der Waals surface area contributed by atoms with Crippen molar-refractivity contribution in [2.45, 2.75) is 27.7 Å². The van der Waals surface area contributed by atoms with Gasteiger partial charge in [-0.2, -0.15) is 0 Å². The number of hydrogen-bond donors (Lipinski definition) is 0. The van der Waals surface area contributed by atoms with Gasteiger partial charge in [-0.25, -0.2) is 0 Å². The largest absolute Gasteiger partial charge is 0.294 e. The number of carbonyl (C=O) groups is 2. The molecular weight excluding hydrogens is 184 g/mol. The van der Waals surface area contributed by atoms with E-state index in [0.717, 1.165) is 0 Å². The summed E-state index contributed by atoms with van der Waals surface area (Å²) in [4.78, 5) is 22.9. The molecule has 0 bridgehead atoms. The van der Waals surface area contributed by atoms with Crippen LogP contribution in [0.5, 0.6) is 0 Å². The highest BCUT2D eigenvalue weighted by molar-refractivity contribution is 7.15. The van der Waals surface area contributed by atoms with Gasteiger partial charge in [0.05, 0.1) is 9.75 Å².